The molecular weight excluding hydrogens is 811 g/mol. The summed E-state index contributed by atoms with van der Waals surface area (Å²) in [7, 11) is 0. The van der Waals surface area contributed by atoms with Crippen molar-refractivity contribution in [2.45, 2.75) is 5.41 Å². The van der Waals surface area contributed by atoms with Crippen LogP contribution in [0, 0.1) is 0 Å². The number of aromatic nitrogens is 3. The molecule has 4 nitrogen and oxygen atoms in total. The van der Waals surface area contributed by atoms with Crippen molar-refractivity contribution >= 4 is 53.2 Å². The van der Waals surface area contributed by atoms with Crippen LogP contribution >= 0.6 is 11.3 Å². The van der Waals surface area contributed by atoms with E-state index in [4.69, 9.17) is 19.7 Å². The van der Waals surface area contributed by atoms with Crippen molar-refractivity contribution in [1.82, 2.24) is 15.0 Å². The van der Waals surface area contributed by atoms with Crippen LogP contribution in [0.15, 0.2) is 212 Å². The zero-order valence-corrected chi connectivity index (χ0v) is 35.7. The van der Waals surface area contributed by atoms with E-state index < -0.39 is 5.41 Å². The van der Waals surface area contributed by atoms with Gasteiger partial charge in [0.15, 0.2) is 5.82 Å². The highest BCUT2D eigenvalue weighted by Gasteiger charge is 2.51. The van der Waals surface area contributed by atoms with Gasteiger partial charge in [-0.15, -0.1) is 11.3 Å². The maximum Gasteiger partial charge on any atom is 0.160 e. The number of rotatable bonds is 4. The second kappa shape index (κ2) is 13.9. The number of fused-ring (bicyclic) bond motifs is 15. The van der Waals surface area contributed by atoms with E-state index in [9.17, 15) is 0 Å². The molecule has 0 saturated carbocycles. The van der Waals surface area contributed by atoms with Crippen LogP contribution in [-0.2, 0) is 5.41 Å². The summed E-state index contributed by atoms with van der Waals surface area (Å²) in [4.78, 5) is 16.1. The van der Waals surface area contributed by atoms with Gasteiger partial charge in [-0.2, -0.15) is 0 Å². The molecule has 1 aliphatic carbocycles. The molecule has 1 aliphatic heterocycles. The molecule has 1 spiro atoms. The number of ether oxygens (including phenoxy) is 1. The second-order valence-electron chi connectivity index (χ2n) is 17.0. The summed E-state index contributed by atoms with van der Waals surface area (Å²) in [5, 5.41) is 5.80. The fourth-order valence-electron chi connectivity index (χ4n) is 10.7. The van der Waals surface area contributed by atoms with Crippen molar-refractivity contribution < 1.29 is 4.74 Å². The van der Waals surface area contributed by atoms with Gasteiger partial charge in [-0.1, -0.05) is 164 Å². The van der Waals surface area contributed by atoms with Crippen LogP contribution < -0.4 is 4.74 Å². The molecule has 3 aromatic heterocycles. The average molecular weight is 846 g/mol. The van der Waals surface area contributed by atoms with Crippen LogP contribution in [0.2, 0.25) is 0 Å². The van der Waals surface area contributed by atoms with E-state index in [1.807, 2.05) is 17.4 Å². The van der Waals surface area contributed by atoms with Gasteiger partial charge in [-0.3, -0.25) is 0 Å². The normalized spacial score (nSPS) is 13.2. The zero-order chi connectivity index (χ0) is 42.6. The first-order valence-electron chi connectivity index (χ1n) is 22.0. The number of hydrogen-bond donors (Lipinski definition) is 0. The molecule has 302 valence electrons. The Morgan fingerprint density at radius 2 is 1.02 bits per heavy atom. The standard InChI is InChI=1S/C60H35N3OS/c1-3-16-36(17-4-1)57-46-33-44-39-20-7-9-24-47(39)60(48-25-10-12-27-54(48)64-55-28-13-11-26-49(55)60)50(44)34-43(46)45-32-38(30-31-51(45)61-57)52-35-53(63-59(62-52)37-18-5-2-6-19-37)42-23-15-22-41-40-21-8-14-29-56(40)65-58(41)42/h1-35H. The van der Waals surface area contributed by atoms with Crippen molar-refractivity contribution in [3.05, 3.63) is 235 Å². The van der Waals surface area contributed by atoms with Crippen LogP contribution in [0.5, 0.6) is 11.5 Å². The Balaban J connectivity index is 1.06. The lowest BCUT2D eigenvalue weighted by atomic mass is 9.66. The summed E-state index contributed by atoms with van der Waals surface area (Å²) >= 11 is 1.82. The largest absolute Gasteiger partial charge is 0.457 e. The molecule has 14 rings (SSSR count). The minimum absolute atomic E-state index is 0.606. The fraction of sp³-hybridized carbons (Fsp3) is 0.0167. The third-order valence-electron chi connectivity index (χ3n) is 13.5. The molecule has 0 N–H and O–H groups in total. The third-order valence-corrected chi connectivity index (χ3v) is 14.8. The second-order valence-corrected chi connectivity index (χ2v) is 18.1. The lowest BCUT2D eigenvalue weighted by Gasteiger charge is -2.39. The summed E-state index contributed by atoms with van der Waals surface area (Å²) in [5.74, 6) is 2.44. The van der Waals surface area contributed by atoms with Crippen molar-refractivity contribution in [3.63, 3.8) is 0 Å². The molecular formula is C60H35N3OS. The van der Waals surface area contributed by atoms with Crippen LogP contribution in [-0.4, -0.2) is 15.0 Å². The summed E-state index contributed by atoms with van der Waals surface area (Å²) in [5.41, 5.74) is 14.4. The van der Waals surface area contributed by atoms with Crippen molar-refractivity contribution in [3.8, 4) is 67.8 Å². The maximum atomic E-state index is 6.69. The van der Waals surface area contributed by atoms with E-state index in [1.165, 1.54) is 42.4 Å². The van der Waals surface area contributed by atoms with E-state index in [-0.39, 0.29) is 0 Å². The molecule has 0 saturated heterocycles. The summed E-state index contributed by atoms with van der Waals surface area (Å²) in [6.45, 7) is 0. The summed E-state index contributed by atoms with van der Waals surface area (Å²) < 4.78 is 9.18. The zero-order valence-electron chi connectivity index (χ0n) is 34.9. The maximum absolute atomic E-state index is 6.69. The monoisotopic (exact) mass is 845 g/mol. The average Bonchev–Trinajstić information content (AvgIpc) is 3.89. The van der Waals surface area contributed by atoms with Crippen LogP contribution in [0.3, 0.4) is 0 Å². The van der Waals surface area contributed by atoms with Gasteiger partial charge < -0.3 is 4.74 Å². The van der Waals surface area contributed by atoms with Gasteiger partial charge >= 0.3 is 0 Å². The fourth-order valence-corrected chi connectivity index (χ4v) is 11.9. The first-order chi connectivity index (χ1) is 32.2. The van der Waals surface area contributed by atoms with Gasteiger partial charge in [0.05, 0.1) is 28.0 Å². The molecule has 0 atom stereocenters. The van der Waals surface area contributed by atoms with Gasteiger partial charge in [-0.05, 0) is 76.2 Å². The number of nitrogens with zero attached hydrogens (tertiary/aromatic N) is 3. The lowest BCUT2D eigenvalue weighted by molar-refractivity contribution is 0.436. The van der Waals surface area contributed by atoms with E-state index in [0.29, 0.717) is 5.82 Å². The van der Waals surface area contributed by atoms with Crippen molar-refractivity contribution in [2.24, 2.45) is 0 Å². The predicted molar refractivity (Wildman–Crippen MR) is 267 cm³/mol. The van der Waals surface area contributed by atoms with Gasteiger partial charge in [0, 0.05) is 64.3 Å². The molecule has 65 heavy (non-hydrogen) atoms. The van der Waals surface area contributed by atoms with Gasteiger partial charge in [0.1, 0.15) is 11.5 Å². The molecule has 5 heteroatoms. The molecule has 2 aliphatic rings. The Hall–Kier alpha value is -8.25. The minimum atomic E-state index is -0.606. The minimum Gasteiger partial charge on any atom is -0.457 e. The quantitative estimate of drug-likeness (QED) is 0.166. The summed E-state index contributed by atoms with van der Waals surface area (Å²) in [6.07, 6.45) is 0. The first kappa shape index (κ1) is 36.3. The molecule has 12 aromatic rings. The highest BCUT2D eigenvalue weighted by atomic mass is 32.1. The molecule has 4 heterocycles. The first-order valence-corrected chi connectivity index (χ1v) is 22.8. The Morgan fingerprint density at radius 1 is 0.369 bits per heavy atom. The van der Waals surface area contributed by atoms with Crippen LogP contribution in [0.1, 0.15) is 22.3 Å². The SMILES string of the molecule is c1ccc(-c2nc(-c3ccc4nc(-c5ccccc5)c5cc6c(cc5c4c3)C3(c4ccccc4Oc4ccccc43)c3ccccc3-6)cc(-c3cccc4c3sc3ccccc34)n2)cc1. The van der Waals surface area contributed by atoms with E-state index in [1.54, 1.807) is 0 Å². The van der Waals surface area contributed by atoms with Gasteiger partial charge in [-0.25, -0.2) is 15.0 Å². The van der Waals surface area contributed by atoms with Gasteiger partial charge in [0.25, 0.3) is 0 Å². The topological polar surface area (TPSA) is 47.9 Å². The number of pyridine rings is 1. The van der Waals surface area contributed by atoms with Crippen molar-refractivity contribution in [2.75, 3.05) is 0 Å². The van der Waals surface area contributed by atoms with Crippen LogP contribution in [0.25, 0.3) is 98.1 Å². The smallest absolute Gasteiger partial charge is 0.160 e. The van der Waals surface area contributed by atoms with E-state index in [0.717, 1.165) is 83.6 Å². The molecule has 9 aromatic carbocycles. The number of para-hydroxylation sites is 2. The number of hydrogen-bond acceptors (Lipinski definition) is 5. The molecule has 0 amide bonds. The predicted octanol–water partition coefficient (Wildman–Crippen LogP) is 15.7. The molecule has 0 fully saturated rings. The lowest BCUT2D eigenvalue weighted by Crippen LogP contribution is -2.32. The Kier molecular flexibility index (Phi) is 7.74. The molecule has 0 radical (unpaired) electrons. The third kappa shape index (κ3) is 5.27. The highest BCUT2D eigenvalue weighted by Crippen LogP contribution is 2.63. The summed E-state index contributed by atoms with van der Waals surface area (Å²) in [6, 6.07) is 75.8. The molecule has 0 bridgehead atoms. The Morgan fingerprint density at radius 3 is 1.82 bits per heavy atom. The highest BCUT2D eigenvalue weighted by molar-refractivity contribution is 7.26. The number of benzene rings is 9. The van der Waals surface area contributed by atoms with Crippen molar-refractivity contribution in [1.29, 1.82) is 0 Å². The van der Waals surface area contributed by atoms with Gasteiger partial charge in [0.2, 0.25) is 0 Å². The molecule has 0 unspecified atom stereocenters. The van der Waals surface area contributed by atoms with Crippen LogP contribution in [0.4, 0.5) is 0 Å². The number of thiophene rings is 1. The Labute approximate surface area is 378 Å². The van der Waals surface area contributed by atoms with E-state index >= 15 is 0 Å². The Bertz CT molecular complexity index is 3890. The van der Waals surface area contributed by atoms with E-state index in [2.05, 4.69) is 206 Å².